The number of carbonyl (C=O) groups is 1. The number of amides is 1. The van der Waals surface area contributed by atoms with Crippen LogP contribution in [0.15, 0.2) is 42.5 Å². The molecule has 1 amide bonds. The van der Waals surface area contributed by atoms with Crippen molar-refractivity contribution in [2.24, 2.45) is 17.6 Å². The molecule has 1 aliphatic heterocycles. The second kappa shape index (κ2) is 13.3. The summed E-state index contributed by atoms with van der Waals surface area (Å²) in [5.41, 5.74) is 6.75. The number of aryl methyl sites for hydroxylation is 1. The molecule has 0 radical (unpaired) electrons. The normalized spacial score (nSPS) is 23.3. The third-order valence-electron chi connectivity index (χ3n) is 8.35. The first-order chi connectivity index (χ1) is 18.4. The number of para-hydroxylation sites is 1. The van der Waals surface area contributed by atoms with Crippen molar-refractivity contribution >= 4 is 17.5 Å². The molecule has 1 saturated heterocycles. The van der Waals surface area contributed by atoms with Crippen LogP contribution in [0.25, 0.3) is 0 Å². The number of rotatable bonds is 11. The molecule has 1 saturated carbocycles. The highest BCUT2D eigenvalue weighted by Gasteiger charge is 2.44. The van der Waals surface area contributed by atoms with Crippen LogP contribution in [0.2, 0.25) is 5.02 Å². The molecule has 38 heavy (non-hydrogen) atoms. The number of benzene rings is 2. The van der Waals surface area contributed by atoms with Crippen molar-refractivity contribution in [1.29, 1.82) is 0 Å². The fourth-order valence-corrected chi connectivity index (χ4v) is 6.38. The minimum Gasteiger partial charge on any atom is -0.455 e. The molecule has 0 aromatic heterocycles. The summed E-state index contributed by atoms with van der Waals surface area (Å²) in [6.07, 6.45) is 7.23. The summed E-state index contributed by atoms with van der Waals surface area (Å²) in [6, 6.07) is 13.7. The molecule has 0 spiro atoms. The number of carbonyl (C=O) groups excluding carboxylic acids is 1. The summed E-state index contributed by atoms with van der Waals surface area (Å²) in [6.45, 7) is 3.98. The van der Waals surface area contributed by atoms with E-state index >= 15 is 0 Å². The lowest BCUT2D eigenvalue weighted by atomic mass is 9.73. The maximum absolute atomic E-state index is 13.4. The largest absolute Gasteiger partial charge is 0.455 e. The van der Waals surface area contributed by atoms with Crippen LogP contribution >= 0.6 is 11.6 Å². The number of aliphatic hydroxyl groups is 1. The lowest BCUT2D eigenvalue weighted by molar-refractivity contribution is -0.141. The summed E-state index contributed by atoms with van der Waals surface area (Å²) in [5.74, 6) is 1.22. The van der Waals surface area contributed by atoms with Crippen molar-refractivity contribution in [3.8, 4) is 11.5 Å². The molecule has 4 atom stereocenters. The molecular formula is C31H43ClN2O4. The van der Waals surface area contributed by atoms with Crippen LogP contribution in [0.4, 0.5) is 0 Å². The lowest BCUT2D eigenvalue weighted by Crippen LogP contribution is -2.49. The Balaban J connectivity index is 1.65. The first-order valence-electron chi connectivity index (χ1n) is 14.2. The molecule has 0 bridgehead atoms. The molecule has 2 fully saturated rings. The van der Waals surface area contributed by atoms with E-state index in [0.717, 1.165) is 57.9 Å². The van der Waals surface area contributed by atoms with E-state index in [-0.39, 0.29) is 23.8 Å². The highest BCUT2D eigenvalue weighted by Crippen LogP contribution is 2.47. The van der Waals surface area contributed by atoms with Gasteiger partial charge in [0.1, 0.15) is 5.75 Å². The smallest absolute Gasteiger partial charge is 0.225 e. The predicted molar refractivity (Wildman–Crippen MR) is 152 cm³/mol. The van der Waals surface area contributed by atoms with Crippen molar-refractivity contribution in [2.75, 3.05) is 26.8 Å². The number of hydrogen-bond acceptors (Lipinski definition) is 5. The Morgan fingerprint density at radius 3 is 2.74 bits per heavy atom. The van der Waals surface area contributed by atoms with Crippen LogP contribution in [0.1, 0.15) is 69.4 Å². The van der Waals surface area contributed by atoms with E-state index in [1.165, 1.54) is 5.56 Å². The van der Waals surface area contributed by atoms with Gasteiger partial charge < -0.3 is 25.2 Å². The van der Waals surface area contributed by atoms with E-state index in [1.54, 1.807) is 13.2 Å². The van der Waals surface area contributed by atoms with E-state index in [1.807, 2.05) is 35.2 Å². The van der Waals surface area contributed by atoms with Crippen molar-refractivity contribution in [1.82, 2.24) is 4.90 Å². The van der Waals surface area contributed by atoms with Crippen molar-refractivity contribution < 1.29 is 19.4 Å². The summed E-state index contributed by atoms with van der Waals surface area (Å²) in [4.78, 5) is 15.4. The zero-order chi connectivity index (χ0) is 27.1. The molecule has 2 unspecified atom stereocenters. The highest BCUT2D eigenvalue weighted by atomic mass is 35.5. The van der Waals surface area contributed by atoms with E-state index in [9.17, 15) is 9.90 Å². The van der Waals surface area contributed by atoms with E-state index in [4.69, 9.17) is 26.8 Å². The van der Waals surface area contributed by atoms with Crippen LogP contribution in [-0.4, -0.2) is 48.8 Å². The van der Waals surface area contributed by atoms with Gasteiger partial charge in [0.25, 0.3) is 0 Å². The van der Waals surface area contributed by atoms with Crippen molar-refractivity contribution in [2.45, 2.75) is 76.4 Å². The van der Waals surface area contributed by atoms with Crippen LogP contribution in [0.5, 0.6) is 11.5 Å². The Labute approximate surface area is 232 Å². The number of hydrogen-bond donors (Lipinski definition) is 2. The summed E-state index contributed by atoms with van der Waals surface area (Å²) in [7, 11) is 1.69. The molecule has 6 nitrogen and oxygen atoms in total. The highest BCUT2D eigenvalue weighted by molar-refractivity contribution is 6.32. The van der Waals surface area contributed by atoms with Gasteiger partial charge >= 0.3 is 0 Å². The Morgan fingerprint density at radius 2 is 2.00 bits per heavy atom. The monoisotopic (exact) mass is 542 g/mol. The fraction of sp³-hybridized carbons (Fsp3) is 0.581. The third-order valence-corrected chi connectivity index (χ3v) is 8.64. The zero-order valence-electron chi connectivity index (χ0n) is 22.8. The van der Waals surface area contributed by atoms with Gasteiger partial charge in [-0.05, 0) is 81.5 Å². The molecule has 2 aromatic rings. The Bertz CT molecular complexity index is 1080. The molecule has 2 aliphatic rings. The van der Waals surface area contributed by atoms with Gasteiger partial charge in [0.05, 0.1) is 10.6 Å². The van der Waals surface area contributed by atoms with Gasteiger partial charge in [-0.3, -0.25) is 4.79 Å². The number of ether oxygens (including phenoxy) is 2. The SMILES string of the molecule is CCc1cccc(Oc2c(Cl)cccc2[C@](O)(CCCCOC)[C@@H]2CCCN(C(=O)C3CCC(N)C3)C2)c1. The van der Waals surface area contributed by atoms with Crippen LogP contribution in [0, 0.1) is 11.8 Å². The topological polar surface area (TPSA) is 85.0 Å². The number of unbranched alkanes of at least 4 members (excludes halogenated alkanes) is 1. The maximum Gasteiger partial charge on any atom is 0.225 e. The van der Waals surface area contributed by atoms with Gasteiger partial charge in [0, 0.05) is 50.2 Å². The Morgan fingerprint density at radius 1 is 1.18 bits per heavy atom. The van der Waals surface area contributed by atoms with Crippen molar-refractivity contribution in [3.63, 3.8) is 0 Å². The van der Waals surface area contributed by atoms with E-state index < -0.39 is 5.60 Å². The summed E-state index contributed by atoms with van der Waals surface area (Å²) in [5, 5.41) is 13.0. The zero-order valence-corrected chi connectivity index (χ0v) is 23.6. The Kier molecular flexibility index (Phi) is 10.1. The van der Waals surface area contributed by atoms with Gasteiger partial charge in [-0.1, -0.05) is 42.8 Å². The fourth-order valence-electron chi connectivity index (χ4n) is 6.17. The lowest BCUT2D eigenvalue weighted by Gasteiger charge is -2.44. The average molecular weight is 543 g/mol. The first-order valence-corrected chi connectivity index (χ1v) is 14.5. The molecule has 1 heterocycles. The molecule has 1 aliphatic carbocycles. The molecule has 2 aromatic carbocycles. The molecule has 7 heteroatoms. The molecule has 3 N–H and O–H groups in total. The number of piperidine rings is 1. The standard InChI is InChI=1S/C31H43ClN2O4/c1-3-22-9-6-11-26(19-22)38-29-27(12-7-13-28(29)32)31(36,16-4-5-18-37-2)24-10-8-17-34(21-24)30(35)23-14-15-25(33)20-23/h6-7,9,11-13,19,23-25,36H,3-5,8,10,14-18,20-21,33H2,1-2H3/t23?,24-,25?,31+/m1/s1. The Hall–Kier alpha value is -2.12. The minimum atomic E-state index is -1.21. The number of nitrogens with two attached hydrogens (primary N) is 1. The second-order valence-corrected chi connectivity index (χ2v) is 11.4. The number of halogens is 1. The van der Waals surface area contributed by atoms with Crippen LogP contribution in [0.3, 0.4) is 0 Å². The maximum atomic E-state index is 13.4. The van der Waals surface area contributed by atoms with Crippen LogP contribution < -0.4 is 10.5 Å². The van der Waals surface area contributed by atoms with Gasteiger partial charge in [0.15, 0.2) is 5.75 Å². The van der Waals surface area contributed by atoms with E-state index in [0.29, 0.717) is 41.7 Å². The van der Waals surface area contributed by atoms with E-state index in [2.05, 4.69) is 13.0 Å². The molecular weight excluding hydrogens is 500 g/mol. The molecule has 208 valence electrons. The second-order valence-electron chi connectivity index (χ2n) is 11.0. The average Bonchev–Trinajstić information content (AvgIpc) is 3.38. The number of likely N-dealkylation sites (tertiary alicyclic amines) is 1. The summed E-state index contributed by atoms with van der Waals surface area (Å²) >= 11 is 6.73. The summed E-state index contributed by atoms with van der Waals surface area (Å²) < 4.78 is 11.7. The minimum absolute atomic E-state index is 0.00514. The predicted octanol–water partition coefficient (Wildman–Crippen LogP) is 6.07. The quantitative estimate of drug-likeness (QED) is 0.337. The number of methoxy groups -OCH3 is 1. The van der Waals surface area contributed by atoms with Crippen molar-refractivity contribution in [3.05, 3.63) is 58.6 Å². The van der Waals surface area contributed by atoms with Gasteiger partial charge in [0.2, 0.25) is 5.91 Å². The van der Waals surface area contributed by atoms with Gasteiger partial charge in [-0.2, -0.15) is 0 Å². The first kappa shape index (κ1) is 28.9. The third kappa shape index (κ3) is 6.71. The number of nitrogens with zero attached hydrogens (tertiary/aromatic N) is 1. The van der Waals surface area contributed by atoms with Crippen LogP contribution in [-0.2, 0) is 21.6 Å². The molecule has 4 rings (SSSR count). The van der Waals surface area contributed by atoms with Gasteiger partial charge in [-0.25, -0.2) is 0 Å². The van der Waals surface area contributed by atoms with Gasteiger partial charge in [-0.15, -0.1) is 0 Å².